The predicted molar refractivity (Wildman–Crippen MR) is 99.3 cm³/mol. The maximum Gasteiger partial charge on any atom is 0.508 e. The normalized spacial score (nSPS) is 12.6. The van der Waals surface area contributed by atoms with Gasteiger partial charge in [-0.3, -0.25) is 0 Å². The molecule has 0 spiro atoms. The molecular formula is C18H38O8. The van der Waals surface area contributed by atoms with Crippen molar-refractivity contribution in [2.75, 3.05) is 40.6 Å². The Hall–Kier alpha value is -1.38. The van der Waals surface area contributed by atoms with Gasteiger partial charge in [-0.2, -0.15) is 0 Å². The minimum Gasteiger partial charge on any atom is -0.461 e. The van der Waals surface area contributed by atoms with Crippen molar-refractivity contribution in [2.24, 2.45) is 0 Å². The molecule has 0 amide bonds. The van der Waals surface area contributed by atoms with Gasteiger partial charge in [0.1, 0.15) is 19.3 Å². The van der Waals surface area contributed by atoms with E-state index in [9.17, 15) is 9.59 Å². The molecule has 8 heteroatoms. The van der Waals surface area contributed by atoms with Crippen LogP contribution >= 0.6 is 0 Å². The number of carbonyl (C=O) groups excluding carboxylic acids is 2. The van der Waals surface area contributed by atoms with Crippen LogP contribution in [0, 0.1) is 0 Å². The topological polar surface area (TPSA) is 89.5 Å². The van der Waals surface area contributed by atoms with Crippen LogP contribution in [0.5, 0.6) is 0 Å². The summed E-state index contributed by atoms with van der Waals surface area (Å²) < 4.78 is 30.0. The summed E-state index contributed by atoms with van der Waals surface area (Å²) >= 11 is 0. The van der Waals surface area contributed by atoms with Crippen LogP contribution < -0.4 is 0 Å². The number of rotatable bonds is 11. The van der Waals surface area contributed by atoms with Crippen LogP contribution in [-0.2, 0) is 33.2 Å². The van der Waals surface area contributed by atoms with Crippen molar-refractivity contribution in [1.82, 2.24) is 0 Å². The average Bonchev–Trinajstić information content (AvgIpc) is 2.58. The highest BCUT2D eigenvalue weighted by Gasteiger charge is 2.30. The Bertz CT molecular complexity index is 357. The molecule has 0 saturated heterocycles. The molecule has 0 aromatic rings. The minimum absolute atomic E-state index is 0. The smallest absolute Gasteiger partial charge is 0.461 e. The van der Waals surface area contributed by atoms with E-state index in [2.05, 4.69) is 0 Å². The Balaban J connectivity index is -0.00000170. The molecule has 0 N–H and O–H groups in total. The molecule has 0 radical (unpaired) electrons. The number of carbonyl (C=O) groups is 2. The van der Waals surface area contributed by atoms with Crippen molar-refractivity contribution in [3.05, 3.63) is 0 Å². The fourth-order valence-electron chi connectivity index (χ4n) is 1.38. The summed E-state index contributed by atoms with van der Waals surface area (Å²) in [5, 5.41) is 0. The highest BCUT2D eigenvalue weighted by atomic mass is 16.7. The van der Waals surface area contributed by atoms with Gasteiger partial charge in [-0.15, -0.1) is 0 Å². The second kappa shape index (κ2) is 17.1. The first-order chi connectivity index (χ1) is 11.7. The Morgan fingerprint density at radius 2 is 1.50 bits per heavy atom. The highest BCUT2D eigenvalue weighted by Crippen LogP contribution is 2.12. The van der Waals surface area contributed by atoms with E-state index in [1.165, 1.54) is 14.2 Å². The molecule has 2 atom stereocenters. The molecule has 0 aliphatic rings. The van der Waals surface area contributed by atoms with Gasteiger partial charge >= 0.3 is 12.1 Å². The third kappa shape index (κ3) is 14.9. The first-order valence-corrected chi connectivity index (χ1v) is 8.39. The van der Waals surface area contributed by atoms with Gasteiger partial charge in [-0.1, -0.05) is 21.3 Å². The molecule has 158 valence electrons. The molecule has 0 fully saturated rings. The van der Waals surface area contributed by atoms with Crippen molar-refractivity contribution < 1.29 is 38.0 Å². The summed E-state index contributed by atoms with van der Waals surface area (Å²) in [6.07, 6.45) is -1.41. The lowest BCUT2D eigenvalue weighted by atomic mass is 10.1. The molecule has 26 heavy (non-hydrogen) atoms. The Labute approximate surface area is 158 Å². The lowest BCUT2D eigenvalue weighted by Gasteiger charge is -2.24. The monoisotopic (exact) mass is 382 g/mol. The lowest BCUT2D eigenvalue weighted by molar-refractivity contribution is -0.172. The van der Waals surface area contributed by atoms with Crippen molar-refractivity contribution in [3.63, 3.8) is 0 Å². The molecule has 0 saturated carbocycles. The van der Waals surface area contributed by atoms with Crippen molar-refractivity contribution >= 4 is 12.1 Å². The van der Waals surface area contributed by atoms with Crippen molar-refractivity contribution in [1.29, 1.82) is 0 Å². The second-order valence-corrected chi connectivity index (χ2v) is 5.49. The molecule has 0 aliphatic carbocycles. The Morgan fingerprint density at radius 1 is 0.923 bits per heavy atom. The van der Waals surface area contributed by atoms with Crippen LogP contribution in [0.2, 0.25) is 0 Å². The van der Waals surface area contributed by atoms with E-state index in [4.69, 9.17) is 28.4 Å². The van der Waals surface area contributed by atoms with Gasteiger partial charge in [0.05, 0.1) is 19.3 Å². The maximum absolute atomic E-state index is 11.9. The van der Waals surface area contributed by atoms with Crippen molar-refractivity contribution in [3.8, 4) is 0 Å². The van der Waals surface area contributed by atoms with Crippen LogP contribution in [0.4, 0.5) is 4.79 Å². The first-order valence-electron chi connectivity index (χ1n) is 8.39. The van der Waals surface area contributed by atoms with Gasteiger partial charge < -0.3 is 28.4 Å². The molecule has 0 aromatic heterocycles. The summed E-state index contributed by atoms with van der Waals surface area (Å²) in [7, 11) is 3.04. The Morgan fingerprint density at radius 3 is 2.00 bits per heavy atom. The molecule has 0 heterocycles. The average molecular weight is 382 g/mol. The van der Waals surface area contributed by atoms with Crippen LogP contribution in [0.25, 0.3) is 0 Å². The molecule has 0 bridgehead atoms. The van der Waals surface area contributed by atoms with E-state index in [1.54, 1.807) is 27.7 Å². The van der Waals surface area contributed by atoms with Gasteiger partial charge in [-0.25, -0.2) is 9.59 Å². The lowest BCUT2D eigenvalue weighted by Crippen LogP contribution is -2.39. The van der Waals surface area contributed by atoms with E-state index in [0.717, 1.165) is 0 Å². The third-order valence-corrected chi connectivity index (χ3v) is 2.81. The van der Waals surface area contributed by atoms with Gasteiger partial charge in [0.25, 0.3) is 0 Å². The fourth-order valence-corrected chi connectivity index (χ4v) is 1.38. The molecular weight excluding hydrogens is 344 g/mol. The third-order valence-electron chi connectivity index (χ3n) is 2.81. The van der Waals surface area contributed by atoms with E-state index < -0.39 is 23.8 Å². The Kier molecular flexibility index (Phi) is 19.3. The first kappa shape index (κ1) is 29.4. The van der Waals surface area contributed by atoms with E-state index in [-0.39, 0.29) is 40.0 Å². The van der Waals surface area contributed by atoms with Gasteiger partial charge in [0.15, 0.2) is 5.60 Å². The number of methoxy groups -OCH3 is 2. The van der Waals surface area contributed by atoms with E-state index in [1.807, 2.05) is 13.8 Å². The number of ether oxygens (including phenoxy) is 6. The molecule has 0 aliphatic heterocycles. The zero-order valence-corrected chi connectivity index (χ0v) is 16.7. The maximum atomic E-state index is 11.9. The van der Waals surface area contributed by atoms with Gasteiger partial charge in [-0.05, 0) is 27.7 Å². The standard InChI is InChI=1S/C15H28O8.C2H6.CH4/c1-11(19-6)10-21-13(16)15(3,4)22-8-7-20-14(17)23-12(2)9-18-5;1-2;/h11-12H,7-10H2,1-6H3;1-2H3;1H4. The highest BCUT2D eigenvalue weighted by molar-refractivity contribution is 5.78. The molecule has 0 aromatic carbocycles. The van der Waals surface area contributed by atoms with Crippen LogP contribution in [0.15, 0.2) is 0 Å². The zero-order valence-electron chi connectivity index (χ0n) is 16.7. The molecule has 2 unspecified atom stereocenters. The van der Waals surface area contributed by atoms with Gasteiger partial charge in [0.2, 0.25) is 0 Å². The number of esters is 1. The summed E-state index contributed by atoms with van der Waals surface area (Å²) in [5.74, 6) is -0.516. The van der Waals surface area contributed by atoms with Crippen molar-refractivity contribution in [2.45, 2.75) is 66.8 Å². The molecule has 8 nitrogen and oxygen atoms in total. The summed E-state index contributed by atoms with van der Waals surface area (Å²) in [6, 6.07) is 0. The van der Waals surface area contributed by atoms with Gasteiger partial charge in [0, 0.05) is 14.2 Å². The van der Waals surface area contributed by atoms with E-state index in [0.29, 0.717) is 0 Å². The second-order valence-electron chi connectivity index (χ2n) is 5.49. The predicted octanol–water partition coefficient (Wildman–Crippen LogP) is 3.21. The van der Waals surface area contributed by atoms with Crippen LogP contribution in [0.3, 0.4) is 0 Å². The molecule has 0 rings (SSSR count). The van der Waals surface area contributed by atoms with E-state index >= 15 is 0 Å². The summed E-state index contributed by atoms with van der Waals surface area (Å²) in [4.78, 5) is 23.2. The van der Waals surface area contributed by atoms with Crippen LogP contribution in [0.1, 0.15) is 49.0 Å². The minimum atomic E-state index is -1.15. The van der Waals surface area contributed by atoms with Crippen LogP contribution in [-0.4, -0.2) is 70.6 Å². The zero-order chi connectivity index (χ0) is 19.9. The largest absolute Gasteiger partial charge is 0.508 e. The SMILES string of the molecule is C.CC.COCC(C)OC(=O)OCCOC(C)(C)C(=O)OCC(C)OC. The summed E-state index contributed by atoms with van der Waals surface area (Å²) in [5.41, 5.74) is -1.15. The number of hydrogen-bond acceptors (Lipinski definition) is 8. The summed E-state index contributed by atoms with van der Waals surface area (Å²) in [6.45, 7) is 11.0. The number of hydrogen-bond donors (Lipinski definition) is 0. The fraction of sp³-hybridized carbons (Fsp3) is 0.889. The quantitative estimate of drug-likeness (QED) is 0.397.